The number of hydrogen-bond donors (Lipinski definition) is 2. The zero-order chi connectivity index (χ0) is 20.0. The van der Waals surface area contributed by atoms with E-state index < -0.39 is 0 Å². The molecule has 1 aromatic rings. The molecule has 5 aliphatic rings. The zero-order valence-electron chi connectivity index (χ0n) is 16.7. The van der Waals surface area contributed by atoms with Crippen molar-refractivity contribution in [1.29, 1.82) is 0 Å². The molecule has 29 heavy (non-hydrogen) atoms. The molecule has 2 N–H and O–H groups in total. The van der Waals surface area contributed by atoms with Gasteiger partial charge in [-0.25, -0.2) is 0 Å². The monoisotopic (exact) mass is 460 g/mol. The third-order valence-electron chi connectivity index (χ3n) is 7.50. The number of amides is 2. The molecule has 1 heterocycles. The Labute approximate surface area is 180 Å². The van der Waals surface area contributed by atoms with E-state index in [2.05, 4.69) is 26.6 Å². The standard InChI is InChI=1S/C23H29BrN2O3/c24-17-1-2-20-18(10-17)19(4-6-29-20)26-21(27)3-5-25-22(28)23-11-14-7-15(12-23)9-16(8-14)13-23/h1-2,10,14-16,19H,3-9,11-13H2,(H,25,28)(H,26,27). The second-order valence-electron chi connectivity index (χ2n) is 9.64. The minimum Gasteiger partial charge on any atom is -0.493 e. The molecule has 6 heteroatoms. The molecule has 2 amide bonds. The largest absolute Gasteiger partial charge is 0.493 e. The third-order valence-corrected chi connectivity index (χ3v) is 8.00. The van der Waals surface area contributed by atoms with E-state index in [0.717, 1.165) is 59.2 Å². The van der Waals surface area contributed by atoms with Crippen molar-refractivity contribution in [2.24, 2.45) is 23.2 Å². The summed E-state index contributed by atoms with van der Waals surface area (Å²) >= 11 is 3.49. The van der Waals surface area contributed by atoms with Gasteiger partial charge >= 0.3 is 0 Å². The first kappa shape index (κ1) is 19.4. The maximum atomic E-state index is 13.0. The summed E-state index contributed by atoms with van der Waals surface area (Å²) in [5.74, 6) is 3.27. The zero-order valence-corrected chi connectivity index (χ0v) is 18.3. The van der Waals surface area contributed by atoms with Gasteiger partial charge in [0.25, 0.3) is 0 Å². The van der Waals surface area contributed by atoms with Gasteiger partial charge in [-0.3, -0.25) is 9.59 Å². The molecule has 1 atom stereocenters. The smallest absolute Gasteiger partial charge is 0.226 e. The summed E-state index contributed by atoms with van der Waals surface area (Å²) in [6.45, 7) is 1.02. The molecule has 0 radical (unpaired) electrons. The Hall–Kier alpha value is -1.56. The Morgan fingerprint density at radius 2 is 1.79 bits per heavy atom. The van der Waals surface area contributed by atoms with E-state index >= 15 is 0 Å². The van der Waals surface area contributed by atoms with Crippen molar-refractivity contribution in [1.82, 2.24) is 10.6 Å². The summed E-state index contributed by atoms with van der Waals surface area (Å²) in [6.07, 6.45) is 8.25. The van der Waals surface area contributed by atoms with Gasteiger partial charge in [-0.05, 0) is 74.5 Å². The summed E-state index contributed by atoms with van der Waals surface area (Å²) in [5, 5.41) is 6.22. The van der Waals surface area contributed by atoms with Crippen LogP contribution in [0.2, 0.25) is 0 Å². The van der Waals surface area contributed by atoms with Crippen LogP contribution in [0.3, 0.4) is 0 Å². The van der Waals surface area contributed by atoms with E-state index in [1.807, 2.05) is 18.2 Å². The highest BCUT2D eigenvalue weighted by atomic mass is 79.9. The SMILES string of the molecule is O=C(CCNC(=O)C12CC3CC(CC(C3)C1)C2)NC1CCOc2ccc(Br)cc21. The molecule has 6 rings (SSSR count). The lowest BCUT2D eigenvalue weighted by atomic mass is 9.49. The van der Waals surface area contributed by atoms with Crippen LogP contribution in [0.25, 0.3) is 0 Å². The van der Waals surface area contributed by atoms with Gasteiger partial charge in [-0.2, -0.15) is 0 Å². The number of hydrogen-bond acceptors (Lipinski definition) is 3. The minimum atomic E-state index is -0.142. The second-order valence-corrected chi connectivity index (χ2v) is 10.6. The van der Waals surface area contributed by atoms with Crippen LogP contribution in [0.5, 0.6) is 5.75 Å². The number of carbonyl (C=O) groups is 2. The normalized spacial score (nSPS) is 34.2. The van der Waals surface area contributed by atoms with Gasteiger partial charge in [0.05, 0.1) is 12.6 Å². The van der Waals surface area contributed by atoms with E-state index in [9.17, 15) is 9.59 Å². The molecule has 5 nitrogen and oxygen atoms in total. The Kier molecular flexibility index (Phi) is 5.09. The predicted molar refractivity (Wildman–Crippen MR) is 113 cm³/mol. The van der Waals surface area contributed by atoms with Crippen molar-refractivity contribution in [2.75, 3.05) is 13.2 Å². The molecule has 1 aliphatic heterocycles. The van der Waals surface area contributed by atoms with Gasteiger partial charge in [0.15, 0.2) is 0 Å². The fraction of sp³-hybridized carbons (Fsp3) is 0.652. The van der Waals surface area contributed by atoms with Crippen LogP contribution in [0.1, 0.15) is 63.0 Å². The summed E-state index contributed by atoms with van der Waals surface area (Å²) < 4.78 is 6.67. The molecule has 4 aliphatic carbocycles. The molecule has 0 saturated heterocycles. The molecule has 0 spiro atoms. The molecular formula is C23H29BrN2O3. The van der Waals surface area contributed by atoms with Gasteiger partial charge in [0.1, 0.15) is 5.75 Å². The topological polar surface area (TPSA) is 67.4 Å². The highest BCUT2D eigenvalue weighted by Crippen LogP contribution is 2.60. The Bertz CT molecular complexity index is 789. The highest BCUT2D eigenvalue weighted by molar-refractivity contribution is 9.10. The predicted octanol–water partition coefficient (Wildman–Crippen LogP) is 4.11. The van der Waals surface area contributed by atoms with Crippen LogP contribution in [0.15, 0.2) is 22.7 Å². The fourth-order valence-electron chi connectivity index (χ4n) is 6.65. The van der Waals surface area contributed by atoms with E-state index in [-0.39, 0.29) is 23.3 Å². The van der Waals surface area contributed by atoms with E-state index in [4.69, 9.17) is 4.74 Å². The van der Waals surface area contributed by atoms with E-state index in [1.54, 1.807) is 0 Å². The van der Waals surface area contributed by atoms with Crippen LogP contribution in [0, 0.1) is 23.2 Å². The van der Waals surface area contributed by atoms with Gasteiger partial charge < -0.3 is 15.4 Å². The van der Waals surface area contributed by atoms with Crippen LogP contribution in [-0.2, 0) is 9.59 Å². The Balaban J connectivity index is 1.14. The van der Waals surface area contributed by atoms with Gasteiger partial charge in [0, 0.05) is 34.8 Å². The Morgan fingerprint density at radius 1 is 1.10 bits per heavy atom. The van der Waals surface area contributed by atoms with Gasteiger partial charge in [0.2, 0.25) is 11.8 Å². The molecule has 4 fully saturated rings. The lowest BCUT2D eigenvalue weighted by Gasteiger charge is -2.55. The second kappa shape index (κ2) is 7.60. The number of carbonyl (C=O) groups excluding carboxylic acids is 2. The molecule has 0 aromatic heterocycles. The molecule has 1 aromatic carbocycles. The van der Waals surface area contributed by atoms with Crippen LogP contribution in [0.4, 0.5) is 0 Å². The summed E-state index contributed by atoms with van der Waals surface area (Å²) in [4.78, 5) is 25.5. The third kappa shape index (κ3) is 3.80. The van der Waals surface area contributed by atoms with Crippen molar-refractivity contribution < 1.29 is 14.3 Å². The maximum Gasteiger partial charge on any atom is 0.226 e. The summed E-state index contributed by atoms with van der Waals surface area (Å²) in [5.41, 5.74) is 0.869. The number of fused-ring (bicyclic) bond motifs is 1. The molecule has 156 valence electrons. The lowest BCUT2D eigenvalue weighted by molar-refractivity contribution is -0.146. The first-order valence-corrected chi connectivity index (χ1v) is 11.8. The van der Waals surface area contributed by atoms with Gasteiger partial charge in [-0.1, -0.05) is 15.9 Å². The van der Waals surface area contributed by atoms with E-state index in [0.29, 0.717) is 19.6 Å². The fourth-order valence-corrected chi connectivity index (χ4v) is 7.03. The molecule has 1 unspecified atom stereocenters. The van der Waals surface area contributed by atoms with Crippen molar-refractivity contribution in [3.63, 3.8) is 0 Å². The molecule has 4 bridgehead atoms. The number of halogens is 1. The average molecular weight is 461 g/mol. The number of rotatable bonds is 5. The van der Waals surface area contributed by atoms with Crippen LogP contribution in [-0.4, -0.2) is 25.0 Å². The number of nitrogens with one attached hydrogen (secondary N) is 2. The molecule has 4 saturated carbocycles. The first-order valence-electron chi connectivity index (χ1n) is 11.0. The van der Waals surface area contributed by atoms with E-state index in [1.165, 1.54) is 19.3 Å². The Morgan fingerprint density at radius 3 is 2.48 bits per heavy atom. The summed E-state index contributed by atoms with van der Waals surface area (Å²) in [6, 6.07) is 5.85. The average Bonchev–Trinajstić information content (AvgIpc) is 2.67. The van der Waals surface area contributed by atoms with Crippen molar-refractivity contribution in [2.45, 2.75) is 57.4 Å². The van der Waals surface area contributed by atoms with Gasteiger partial charge in [-0.15, -0.1) is 0 Å². The van der Waals surface area contributed by atoms with Crippen molar-refractivity contribution in [3.05, 3.63) is 28.2 Å². The number of benzene rings is 1. The van der Waals surface area contributed by atoms with Crippen molar-refractivity contribution in [3.8, 4) is 5.75 Å². The number of ether oxygens (including phenoxy) is 1. The lowest BCUT2D eigenvalue weighted by Crippen LogP contribution is -2.53. The maximum absolute atomic E-state index is 13.0. The van der Waals surface area contributed by atoms with Crippen LogP contribution >= 0.6 is 15.9 Å². The van der Waals surface area contributed by atoms with Crippen molar-refractivity contribution >= 4 is 27.7 Å². The molecular weight excluding hydrogens is 432 g/mol. The quantitative estimate of drug-likeness (QED) is 0.694. The first-order chi connectivity index (χ1) is 14.0. The summed E-state index contributed by atoms with van der Waals surface area (Å²) in [7, 11) is 0. The highest BCUT2D eigenvalue weighted by Gasteiger charge is 2.54. The minimum absolute atomic E-state index is 0.0198. The van der Waals surface area contributed by atoms with Crippen LogP contribution < -0.4 is 15.4 Å².